The Labute approximate surface area is 72.0 Å². The van der Waals surface area contributed by atoms with Gasteiger partial charge >= 0.3 is 0 Å². The third-order valence-corrected chi connectivity index (χ3v) is 2.25. The smallest absolute Gasteiger partial charge is 0.149 e. The van der Waals surface area contributed by atoms with Crippen molar-refractivity contribution >= 4 is 27.7 Å². The fraction of sp³-hybridized carbons (Fsp3) is 0. The van der Waals surface area contributed by atoms with Crippen LogP contribution in [-0.2, 0) is 0 Å². The molecule has 0 fully saturated rings. The number of nitrogens with zero attached hydrogens (tertiary/aromatic N) is 1. The molecule has 0 amide bonds. The van der Waals surface area contributed by atoms with Crippen LogP contribution >= 0.6 is 15.9 Å². The van der Waals surface area contributed by atoms with Gasteiger partial charge in [-0.3, -0.25) is 5.32 Å². The van der Waals surface area contributed by atoms with Crippen molar-refractivity contribution in [3.05, 3.63) is 34.2 Å². The first kappa shape index (κ1) is 6.85. The zero-order valence-corrected chi connectivity index (χ0v) is 7.10. The average Bonchev–Trinajstić information content (AvgIpc) is 2.45. The van der Waals surface area contributed by atoms with E-state index in [1.807, 2.05) is 0 Å². The molecular formula is C8H4BrFN. The maximum Gasteiger partial charge on any atom is 0.149 e. The Balaban J connectivity index is 2.71. The minimum atomic E-state index is -0.270. The highest BCUT2D eigenvalue weighted by Crippen LogP contribution is 2.32. The maximum absolute atomic E-state index is 12.9. The number of halogens is 2. The molecule has 1 radical (unpaired) electrons. The van der Waals surface area contributed by atoms with E-state index in [9.17, 15) is 4.39 Å². The molecule has 1 aliphatic heterocycles. The zero-order chi connectivity index (χ0) is 7.84. The summed E-state index contributed by atoms with van der Waals surface area (Å²) in [6.07, 6.45) is 3.38. The quantitative estimate of drug-likeness (QED) is 0.629. The summed E-state index contributed by atoms with van der Waals surface area (Å²) in [7, 11) is 0. The van der Waals surface area contributed by atoms with Gasteiger partial charge in [0.1, 0.15) is 11.5 Å². The molecule has 0 saturated heterocycles. The zero-order valence-electron chi connectivity index (χ0n) is 5.51. The van der Waals surface area contributed by atoms with Gasteiger partial charge < -0.3 is 0 Å². The summed E-state index contributed by atoms with van der Waals surface area (Å²) in [4.78, 5) is 0. The molecule has 55 valence electrons. The lowest BCUT2D eigenvalue weighted by atomic mass is 10.2. The van der Waals surface area contributed by atoms with E-state index in [4.69, 9.17) is 0 Å². The van der Waals surface area contributed by atoms with Crippen molar-refractivity contribution in [1.82, 2.24) is 5.32 Å². The van der Waals surface area contributed by atoms with Crippen LogP contribution in [0.25, 0.3) is 6.08 Å². The lowest BCUT2D eigenvalue weighted by Gasteiger charge is -2.00. The Morgan fingerprint density at radius 2 is 2.18 bits per heavy atom. The standard InChI is InChI=1S/C8H4BrFN/c9-6-1-2-7(10)8-5(6)3-4-11-8/h1-4H. The van der Waals surface area contributed by atoms with Crippen molar-refractivity contribution in [2.24, 2.45) is 0 Å². The molecule has 1 heterocycles. The predicted molar refractivity (Wildman–Crippen MR) is 44.9 cm³/mol. The van der Waals surface area contributed by atoms with Crippen molar-refractivity contribution in [3.63, 3.8) is 0 Å². The van der Waals surface area contributed by atoms with Crippen LogP contribution in [0.5, 0.6) is 0 Å². The van der Waals surface area contributed by atoms with E-state index in [1.54, 1.807) is 18.3 Å². The van der Waals surface area contributed by atoms with Crippen molar-refractivity contribution in [1.29, 1.82) is 0 Å². The van der Waals surface area contributed by atoms with E-state index < -0.39 is 0 Å². The van der Waals surface area contributed by atoms with Gasteiger partial charge in [0.05, 0.1) is 0 Å². The SMILES string of the molecule is Fc1ccc(Br)c2c1[N]C=C2. The Morgan fingerprint density at radius 3 is 2.91 bits per heavy atom. The molecule has 2 rings (SSSR count). The molecule has 0 bridgehead atoms. The van der Waals surface area contributed by atoms with Crippen LogP contribution in [-0.4, -0.2) is 0 Å². The molecule has 3 heteroatoms. The van der Waals surface area contributed by atoms with Gasteiger partial charge in [0, 0.05) is 16.2 Å². The summed E-state index contributed by atoms with van der Waals surface area (Å²) in [6.45, 7) is 0. The average molecular weight is 213 g/mol. The Bertz CT molecular complexity index is 333. The molecule has 0 aliphatic carbocycles. The minimum absolute atomic E-state index is 0.270. The normalized spacial score (nSPS) is 12.9. The minimum Gasteiger partial charge on any atom is -0.253 e. The first-order valence-electron chi connectivity index (χ1n) is 3.14. The van der Waals surface area contributed by atoms with E-state index in [-0.39, 0.29) is 5.82 Å². The molecular weight excluding hydrogens is 209 g/mol. The van der Waals surface area contributed by atoms with Gasteiger partial charge in [-0.15, -0.1) is 0 Å². The lowest BCUT2D eigenvalue weighted by Crippen LogP contribution is -1.87. The van der Waals surface area contributed by atoms with Crippen molar-refractivity contribution in [2.75, 3.05) is 0 Å². The van der Waals surface area contributed by atoms with Crippen LogP contribution in [0.15, 0.2) is 22.8 Å². The summed E-state index contributed by atoms with van der Waals surface area (Å²) >= 11 is 3.30. The molecule has 0 unspecified atom stereocenters. The second kappa shape index (κ2) is 2.34. The molecule has 0 aromatic heterocycles. The largest absolute Gasteiger partial charge is 0.253 e. The van der Waals surface area contributed by atoms with Crippen LogP contribution in [0.3, 0.4) is 0 Å². The summed E-state index contributed by atoms with van der Waals surface area (Å²) in [5.41, 5.74) is 1.25. The van der Waals surface area contributed by atoms with Crippen LogP contribution < -0.4 is 5.32 Å². The Morgan fingerprint density at radius 1 is 1.36 bits per heavy atom. The highest BCUT2D eigenvalue weighted by atomic mass is 79.9. The number of hydrogen-bond acceptors (Lipinski definition) is 0. The van der Waals surface area contributed by atoms with Gasteiger partial charge in [-0.2, -0.15) is 0 Å². The Hall–Kier alpha value is -0.830. The van der Waals surface area contributed by atoms with Gasteiger partial charge in [-0.1, -0.05) is 15.9 Å². The van der Waals surface area contributed by atoms with E-state index in [2.05, 4.69) is 21.2 Å². The van der Waals surface area contributed by atoms with Gasteiger partial charge in [0.25, 0.3) is 0 Å². The molecule has 1 aromatic rings. The second-order valence-corrected chi connectivity index (χ2v) is 3.09. The van der Waals surface area contributed by atoms with E-state index >= 15 is 0 Å². The van der Waals surface area contributed by atoms with Gasteiger partial charge in [0.15, 0.2) is 0 Å². The summed E-state index contributed by atoms with van der Waals surface area (Å²) < 4.78 is 13.8. The second-order valence-electron chi connectivity index (χ2n) is 2.24. The monoisotopic (exact) mass is 212 g/mol. The van der Waals surface area contributed by atoms with Gasteiger partial charge in [-0.25, -0.2) is 4.39 Å². The number of rotatable bonds is 0. The van der Waals surface area contributed by atoms with Crippen LogP contribution in [0.4, 0.5) is 10.1 Å². The van der Waals surface area contributed by atoms with Crippen LogP contribution in [0.2, 0.25) is 0 Å². The van der Waals surface area contributed by atoms with Crippen molar-refractivity contribution in [3.8, 4) is 0 Å². The maximum atomic E-state index is 12.9. The van der Waals surface area contributed by atoms with Crippen LogP contribution in [0, 0.1) is 5.82 Å². The molecule has 1 aliphatic rings. The Kier molecular flexibility index (Phi) is 1.46. The van der Waals surface area contributed by atoms with E-state index in [1.165, 1.54) is 6.07 Å². The highest BCUT2D eigenvalue weighted by molar-refractivity contribution is 9.10. The highest BCUT2D eigenvalue weighted by Gasteiger charge is 2.13. The van der Waals surface area contributed by atoms with Crippen molar-refractivity contribution < 1.29 is 4.39 Å². The number of fused-ring (bicyclic) bond motifs is 1. The first-order valence-corrected chi connectivity index (χ1v) is 3.94. The fourth-order valence-corrected chi connectivity index (χ4v) is 1.49. The van der Waals surface area contributed by atoms with Gasteiger partial charge in [-0.05, 0) is 18.2 Å². The molecule has 0 atom stereocenters. The third-order valence-electron chi connectivity index (χ3n) is 1.56. The summed E-state index contributed by atoms with van der Waals surface area (Å²) in [5.74, 6) is -0.270. The summed E-state index contributed by atoms with van der Waals surface area (Å²) in [6, 6.07) is 3.08. The molecule has 0 saturated carbocycles. The third kappa shape index (κ3) is 0.959. The molecule has 0 N–H and O–H groups in total. The first-order chi connectivity index (χ1) is 5.29. The lowest BCUT2D eigenvalue weighted by molar-refractivity contribution is 0.625. The molecule has 1 nitrogen and oxygen atoms in total. The molecule has 0 spiro atoms. The van der Waals surface area contributed by atoms with Gasteiger partial charge in [0.2, 0.25) is 0 Å². The number of benzene rings is 1. The van der Waals surface area contributed by atoms with Crippen LogP contribution in [0.1, 0.15) is 5.56 Å². The summed E-state index contributed by atoms with van der Waals surface area (Å²) in [5, 5.41) is 3.87. The van der Waals surface area contributed by atoms with Crippen molar-refractivity contribution in [2.45, 2.75) is 0 Å². The fourth-order valence-electron chi connectivity index (χ4n) is 1.03. The van der Waals surface area contributed by atoms with E-state index in [0.29, 0.717) is 5.69 Å². The molecule has 1 aromatic carbocycles. The topological polar surface area (TPSA) is 14.1 Å². The number of hydrogen-bond donors (Lipinski definition) is 0. The van der Waals surface area contributed by atoms with E-state index in [0.717, 1.165) is 10.0 Å². The molecule has 11 heavy (non-hydrogen) atoms. The predicted octanol–water partition coefficient (Wildman–Crippen LogP) is 2.81.